The van der Waals surface area contributed by atoms with Gasteiger partial charge in [0.2, 0.25) is 11.1 Å². The summed E-state index contributed by atoms with van der Waals surface area (Å²) in [7, 11) is 0. The topological polar surface area (TPSA) is 90.3 Å². The second kappa shape index (κ2) is 13.6. The van der Waals surface area contributed by atoms with Crippen molar-refractivity contribution in [2.45, 2.75) is 58.3 Å². The fourth-order valence-corrected chi connectivity index (χ4v) is 5.76. The number of thioether (sulfide) groups is 1. The largest absolute Gasteiger partial charge is 0.492 e. The predicted octanol–water partition coefficient (Wildman–Crippen LogP) is 7.38. The van der Waals surface area contributed by atoms with Gasteiger partial charge in [0.1, 0.15) is 24.1 Å². The lowest BCUT2D eigenvalue weighted by atomic mass is 9.94. The van der Waals surface area contributed by atoms with E-state index in [1.54, 1.807) is 11.8 Å². The minimum atomic E-state index is -0.518. The van der Waals surface area contributed by atoms with Crippen molar-refractivity contribution >= 4 is 29.3 Å². The summed E-state index contributed by atoms with van der Waals surface area (Å²) in [6.45, 7) is 9.01. The van der Waals surface area contributed by atoms with Crippen LogP contribution in [0.3, 0.4) is 0 Å². The number of unbranched alkanes of at least 4 members (excludes halogenated alkanes) is 1. The van der Waals surface area contributed by atoms with Crippen molar-refractivity contribution < 1.29 is 14.3 Å². The molecule has 0 aliphatic carbocycles. The number of hydrogen-bond acceptors (Lipinski definition) is 7. The van der Waals surface area contributed by atoms with Crippen molar-refractivity contribution in [2.24, 2.45) is 0 Å². The van der Waals surface area contributed by atoms with Crippen LogP contribution >= 0.6 is 11.8 Å². The van der Waals surface area contributed by atoms with Gasteiger partial charge in [-0.1, -0.05) is 73.6 Å². The van der Waals surface area contributed by atoms with Crippen molar-refractivity contribution in [3.63, 3.8) is 0 Å². The molecule has 2 N–H and O–H groups in total. The molecule has 1 aromatic heterocycles. The number of benzene rings is 3. The number of allylic oxidation sites excluding steroid dienone is 1. The maximum Gasteiger partial charge on any atom is 0.255 e. The van der Waals surface area contributed by atoms with Gasteiger partial charge in [0, 0.05) is 11.4 Å². The molecule has 0 radical (unpaired) electrons. The van der Waals surface area contributed by atoms with Gasteiger partial charge in [-0.05, 0) is 68.1 Å². The van der Waals surface area contributed by atoms with Gasteiger partial charge in [0.15, 0.2) is 0 Å². The van der Waals surface area contributed by atoms with Crippen LogP contribution in [0.25, 0.3) is 0 Å². The van der Waals surface area contributed by atoms with E-state index in [4.69, 9.17) is 19.6 Å². The molecule has 1 aliphatic rings. The first-order chi connectivity index (χ1) is 20.5. The van der Waals surface area contributed by atoms with Gasteiger partial charge < -0.3 is 20.1 Å². The van der Waals surface area contributed by atoms with Gasteiger partial charge in [-0.15, -0.1) is 5.10 Å². The molecule has 9 heteroatoms. The van der Waals surface area contributed by atoms with E-state index in [0.717, 1.165) is 29.7 Å². The summed E-state index contributed by atoms with van der Waals surface area (Å²) in [6.07, 6.45) is 2.18. The Morgan fingerprint density at radius 2 is 1.83 bits per heavy atom. The number of anilines is 2. The Balaban J connectivity index is 1.50. The zero-order valence-corrected chi connectivity index (χ0v) is 25.3. The average molecular weight is 584 g/mol. The lowest BCUT2D eigenvalue weighted by molar-refractivity contribution is -0.113. The Labute approximate surface area is 251 Å². The van der Waals surface area contributed by atoms with Crippen LogP contribution in [0.4, 0.5) is 11.6 Å². The predicted molar refractivity (Wildman–Crippen MR) is 168 cm³/mol. The van der Waals surface area contributed by atoms with E-state index in [-0.39, 0.29) is 5.91 Å². The number of aryl methyl sites for hydroxylation is 1. The normalized spacial score (nSPS) is 14.2. The highest BCUT2D eigenvalue weighted by Crippen LogP contribution is 2.38. The molecule has 0 spiro atoms. The van der Waals surface area contributed by atoms with Crippen molar-refractivity contribution in [1.29, 1.82) is 0 Å². The van der Waals surface area contributed by atoms with Crippen LogP contribution in [-0.2, 0) is 11.4 Å². The molecule has 0 saturated heterocycles. The van der Waals surface area contributed by atoms with Crippen molar-refractivity contribution in [3.8, 4) is 11.5 Å². The Morgan fingerprint density at radius 3 is 2.64 bits per heavy atom. The van der Waals surface area contributed by atoms with Crippen LogP contribution in [0.2, 0.25) is 0 Å². The van der Waals surface area contributed by atoms with Crippen LogP contribution in [0.15, 0.2) is 89.2 Å². The Kier molecular flexibility index (Phi) is 9.48. The Morgan fingerprint density at radius 1 is 1.02 bits per heavy atom. The molecule has 1 amide bonds. The van der Waals surface area contributed by atoms with Gasteiger partial charge in [0.05, 0.1) is 17.9 Å². The van der Waals surface area contributed by atoms with Crippen LogP contribution < -0.4 is 20.1 Å². The fraction of sp³-hybridized carbons (Fsp3) is 0.303. The van der Waals surface area contributed by atoms with Gasteiger partial charge in [-0.2, -0.15) is 4.98 Å². The molecule has 1 aliphatic heterocycles. The molecule has 0 fully saturated rings. The molecule has 1 atom stereocenters. The highest BCUT2D eigenvalue weighted by molar-refractivity contribution is 7.99. The van der Waals surface area contributed by atoms with E-state index in [1.807, 2.05) is 79.2 Å². The molecular formula is C33H37N5O3S. The maximum absolute atomic E-state index is 14.0. The van der Waals surface area contributed by atoms with Crippen LogP contribution in [0.1, 0.15) is 56.3 Å². The molecule has 2 heterocycles. The molecule has 5 rings (SSSR count). The van der Waals surface area contributed by atoms with Crippen LogP contribution in [0, 0.1) is 6.92 Å². The number of nitrogens with one attached hydrogen (secondary N) is 2. The van der Waals surface area contributed by atoms with Crippen LogP contribution in [0.5, 0.6) is 11.5 Å². The third-order valence-corrected chi connectivity index (χ3v) is 8.00. The lowest BCUT2D eigenvalue weighted by Gasteiger charge is -2.29. The molecular weight excluding hydrogens is 546 g/mol. The minimum Gasteiger partial charge on any atom is -0.492 e. The summed E-state index contributed by atoms with van der Waals surface area (Å²) in [4.78, 5) is 18.8. The highest BCUT2D eigenvalue weighted by atomic mass is 32.2. The van der Waals surface area contributed by atoms with Crippen molar-refractivity contribution in [3.05, 3.63) is 101 Å². The summed E-state index contributed by atoms with van der Waals surface area (Å²) in [5, 5.41) is 12.0. The quantitative estimate of drug-likeness (QED) is 0.133. The zero-order valence-electron chi connectivity index (χ0n) is 24.5. The Hall–Kier alpha value is -4.24. The van der Waals surface area contributed by atoms with E-state index in [1.165, 1.54) is 5.56 Å². The maximum atomic E-state index is 14.0. The second-order valence-electron chi connectivity index (χ2n) is 10.1. The number of para-hydroxylation sites is 2. The number of hydrogen-bond donors (Lipinski definition) is 2. The first-order valence-corrected chi connectivity index (χ1v) is 15.3. The van der Waals surface area contributed by atoms with E-state index in [2.05, 4.69) is 36.6 Å². The fourth-order valence-electron chi connectivity index (χ4n) is 4.85. The molecule has 0 bridgehead atoms. The third kappa shape index (κ3) is 6.62. The van der Waals surface area contributed by atoms with Gasteiger partial charge in [-0.25, -0.2) is 4.68 Å². The molecule has 218 valence electrons. The van der Waals surface area contributed by atoms with Crippen LogP contribution in [-0.4, -0.2) is 33.0 Å². The zero-order chi connectivity index (χ0) is 29.5. The summed E-state index contributed by atoms with van der Waals surface area (Å²) in [6, 6.07) is 23.0. The summed E-state index contributed by atoms with van der Waals surface area (Å²) < 4.78 is 13.8. The average Bonchev–Trinajstić information content (AvgIpc) is 3.39. The number of ether oxygens (including phenoxy) is 2. The molecule has 8 nitrogen and oxygen atoms in total. The summed E-state index contributed by atoms with van der Waals surface area (Å²) in [5.41, 5.74) is 5.04. The summed E-state index contributed by atoms with van der Waals surface area (Å²) in [5.74, 6) is 2.63. The van der Waals surface area contributed by atoms with E-state index in [9.17, 15) is 4.79 Å². The van der Waals surface area contributed by atoms with E-state index >= 15 is 0 Å². The Bertz CT molecular complexity index is 1580. The first-order valence-electron chi connectivity index (χ1n) is 14.4. The summed E-state index contributed by atoms with van der Waals surface area (Å²) >= 11 is 1.62. The second-order valence-corrected chi connectivity index (χ2v) is 11.2. The number of nitrogens with zero attached hydrogens (tertiary/aromatic N) is 3. The number of rotatable bonds is 12. The molecule has 4 aromatic rings. The van der Waals surface area contributed by atoms with Gasteiger partial charge >= 0.3 is 0 Å². The van der Waals surface area contributed by atoms with Crippen molar-refractivity contribution in [2.75, 3.05) is 23.0 Å². The highest BCUT2D eigenvalue weighted by Gasteiger charge is 2.35. The van der Waals surface area contributed by atoms with Crippen molar-refractivity contribution in [1.82, 2.24) is 14.8 Å². The molecule has 1 unspecified atom stereocenters. The number of aromatic nitrogens is 3. The molecule has 0 saturated carbocycles. The SMILES string of the molecule is CCCCSc1nc2n(n1)C(c1cccc(OCc3ccccc3C)c1)C(C(=O)Nc1ccccc1OCC)=C(C)N2. The number of carbonyl (C=O) groups excluding carboxylic acids is 1. The van der Waals surface area contributed by atoms with E-state index < -0.39 is 6.04 Å². The standard InChI is InChI=1S/C33H37N5O3S/c1-5-7-19-42-33-36-32-34-23(4)29(31(39)35-27-17-10-11-18-28(27)40-6-2)30(38(32)37-33)24-15-12-16-26(20-24)41-21-25-14-9-8-13-22(25)3/h8-18,20,30H,5-7,19,21H2,1-4H3,(H,35,39)(H,34,36,37). The molecule has 3 aromatic carbocycles. The smallest absolute Gasteiger partial charge is 0.255 e. The number of amides is 1. The third-order valence-electron chi connectivity index (χ3n) is 7.07. The number of fused-ring (bicyclic) bond motifs is 1. The molecule has 42 heavy (non-hydrogen) atoms. The minimum absolute atomic E-state index is 0.246. The lowest BCUT2D eigenvalue weighted by Crippen LogP contribution is -2.31. The van der Waals surface area contributed by atoms with E-state index in [0.29, 0.717) is 52.8 Å². The monoisotopic (exact) mass is 583 g/mol. The van der Waals surface area contributed by atoms with Gasteiger partial charge in [-0.3, -0.25) is 4.79 Å². The number of carbonyl (C=O) groups is 1. The first kappa shape index (κ1) is 29.3. The van der Waals surface area contributed by atoms with Gasteiger partial charge in [0.25, 0.3) is 5.91 Å².